The Morgan fingerprint density at radius 2 is 1.56 bits per heavy atom. The number of carbonyl (C=O) groups excluding carboxylic acids is 2. The van der Waals surface area contributed by atoms with Crippen molar-refractivity contribution in [1.82, 2.24) is 0 Å². The van der Waals surface area contributed by atoms with Crippen LogP contribution in [0.5, 0.6) is 11.5 Å². The number of benzene rings is 2. The summed E-state index contributed by atoms with van der Waals surface area (Å²) >= 11 is 0. The van der Waals surface area contributed by atoms with E-state index in [0.29, 0.717) is 35.8 Å². The SMILES string of the molecule is C=CC(=O)OCCCCCCOc1ccc(C(=O)O)c(-c2ccc(OC(=O)C3CCC(CCCCC)CC3)cc2)c1. The highest BCUT2D eigenvalue weighted by Gasteiger charge is 2.27. The van der Waals surface area contributed by atoms with Crippen LogP contribution in [0.4, 0.5) is 0 Å². The maximum Gasteiger partial charge on any atom is 0.336 e. The molecule has 0 amide bonds. The summed E-state index contributed by atoms with van der Waals surface area (Å²) in [6, 6.07) is 11.9. The first-order chi connectivity index (χ1) is 19.9. The first-order valence-electron chi connectivity index (χ1n) is 15.0. The number of rotatable bonds is 17. The zero-order valence-corrected chi connectivity index (χ0v) is 24.3. The lowest BCUT2D eigenvalue weighted by Gasteiger charge is -2.27. The predicted octanol–water partition coefficient (Wildman–Crippen LogP) is 8.01. The molecule has 41 heavy (non-hydrogen) atoms. The van der Waals surface area contributed by atoms with Gasteiger partial charge in [-0.15, -0.1) is 0 Å². The number of carbonyl (C=O) groups is 3. The second kappa shape index (κ2) is 17.3. The number of esters is 2. The second-order valence-corrected chi connectivity index (χ2v) is 10.8. The molecule has 1 aliphatic carbocycles. The van der Waals surface area contributed by atoms with Gasteiger partial charge in [-0.3, -0.25) is 4.79 Å². The summed E-state index contributed by atoms with van der Waals surface area (Å²) in [5.74, 6) is 0.120. The van der Waals surface area contributed by atoms with Crippen molar-refractivity contribution in [2.24, 2.45) is 11.8 Å². The van der Waals surface area contributed by atoms with Crippen LogP contribution in [0.25, 0.3) is 11.1 Å². The van der Waals surface area contributed by atoms with Crippen molar-refractivity contribution in [2.45, 2.75) is 84.0 Å². The molecule has 0 heterocycles. The third-order valence-electron chi connectivity index (χ3n) is 7.72. The fourth-order valence-corrected chi connectivity index (χ4v) is 5.29. The Kier molecular flexibility index (Phi) is 13.4. The zero-order valence-electron chi connectivity index (χ0n) is 24.3. The Labute approximate surface area is 243 Å². The Bertz CT molecular complexity index is 1130. The number of ether oxygens (including phenoxy) is 3. The van der Waals surface area contributed by atoms with Gasteiger partial charge in [0.05, 0.1) is 24.7 Å². The average Bonchev–Trinajstić information content (AvgIpc) is 2.99. The molecule has 7 nitrogen and oxygen atoms in total. The van der Waals surface area contributed by atoms with Crippen LogP contribution in [0.1, 0.15) is 94.3 Å². The maximum absolute atomic E-state index is 12.8. The second-order valence-electron chi connectivity index (χ2n) is 10.8. The minimum absolute atomic E-state index is 0.0562. The van der Waals surface area contributed by atoms with Crippen molar-refractivity contribution < 1.29 is 33.7 Å². The van der Waals surface area contributed by atoms with Crippen molar-refractivity contribution in [2.75, 3.05) is 13.2 Å². The van der Waals surface area contributed by atoms with Crippen LogP contribution in [-0.2, 0) is 14.3 Å². The lowest BCUT2D eigenvalue weighted by molar-refractivity contribution is -0.140. The molecule has 222 valence electrons. The topological polar surface area (TPSA) is 99.1 Å². The number of hydrogen-bond acceptors (Lipinski definition) is 6. The van der Waals surface area contributed by atoms with Gasteiger partial charge in [0, 0.05) is 6.08 Å². The smallest absolute Gasteiger partial charge is 0.336 e. The summed E-state index contributed by atoms with van der Waals surface area (Å²) in [4.78, 5) is 35.7. The molecular formula is C34H44O7. The van der Waals surface area contributed by atoms with E-state index in [-0.39, 0.29) is 17.5 Å². The van der Waals surface area contributed by atoms with E-state index >= 15 is 0 Å². The number of hydrogen-bond donors (Lipinski definition) is 1. The Morgan fingerprint density at radius 1 is 0.878 bits per heavy atom. The van der Waals surface area contributed by atoms with E-state index in [1.807, 2.05) is 0 Å². The first-order valence-corrected chi connectivity index (χ1v) is 15.0. The number of aromatic carboxylic acids is 1. The molecule has 0 saturated heterocycles. The van der Waals surface area contributed by atoms with Gasteiger partial charge in [0.2, 0.25) is 0 Å². The van der Waals surface area contributed by atoms with E-state index < -0.39 is 11.9 Å². The summed E-state index contributed by atoms with van der Waals surface area (Å²) < 4.78 is 16.5. The number of carboxylic acid groups (broad SMARTS) is 1. The van der Waals surface area contributed by atoms with E-state index in [2.05, 4.69) is 13.5 Å². The van der Waals surface area contributed by atoms with Crippen LogP contribution in [0.3, 0.4) is 0 Å². The molecule has 0 bridgehead atoms. The van der Waals surface area contributed by atoms with Gasteiger partial charge in [-0.1, -0.05) is 51.3 Å². The molecule has 0 radical (unpaired) electrons. The lowest BCUT2D eigenvalue weighted by Crippen LogP contribution is -2.25. The Morgan fingerprint density at radius 3 is 2.22 bits per heavy atom. The maximum atomic E-state index is 12.8. The molecule has 1 saturated carbocycles. The highest BCUT2D eigenvalue weighted by atomic mass is 16.5. The van der Waals surface area contributed by atoms with E-state index in [0.717, 1.165) is 63.4 Å². The van der Waals surface area contributed by atoms with Gasteiger partial charge in [-0.05, 0) is 98.7 Å². The summed E-state index contributed by atoms with van der Waals surface area (Å²) in [6.45, 7) is 6.46. The normalized spacial score (nSPS) is 16.5. The van der Waals surface area contributed by atoms with E-state index in [1.165, 1.54) is 25.7 Å². The third-order valence-corrected chi connectivity index (χ3v) is 7.72. The van der Waals surface area contributed by atoms with E-state index in [1.54, 1.807) is 42.5 Å². The van der Waals surface area contributed by atoms with Crippen LogP contribution in [0.2, 0.25) is 0 Å². The highest BCUT2D eigenvalue weighted by molar-refractivity contribution is 5.96. The van der Waals surface area contributed by atoms with Gasteiger partial charge in [-0.2, -0.15) is 0 Å². The fraction of sp³-hybridized carbons (Fsp3) is 0.500. The van der Waals surface area contributed by atoms with Crippen LogP contribution in [0, 0.1) is 11.8 Å². The van der Waals surface area contributed by atoms with Crippen molar-refractivity contribution in [3.05, 3.63) is 60.7 Å². The molecule has 0 atom stereocenters. The zero-order chi connectivity index (χ0) is 29.5. The molecule has 0 unspecified atom stereocenters. The van der Waals surface area contributed by atoms with Crippen molar-refractivity contribution in [3.63, 3.8) is 0 Å². The van der Waals surface area contributed by atoms with Gasteiger partial charge in [-0.25, -0.2) is 9.59 Å². The van der Waals surface area contributed by atoms with Crippen molar-refractivity contribution >= 4 is 17.9 Å². The molecule has 0 spiro atoms. The molecule has 1 aliphatic rings. The molecule has 1 fully saturated rings. The highest BCUT2D eigenvalue weighted by Crippen LogP contribution is 2.34. The van der Waals surface area contributed by atoms with Crippen LogP contribution in [0.15, 0.2) is 55.1 Å². The largest absolute Gasteiger partial charge is 0.494 e. The van der Waals surface area contributed by atoms with E-state index in [9.17, 15) is 19.5 Å². The fourth-order valence-electron chi connectivity index (χ4n) is 5.29. The van der Waals surface area contributed by atoms with Crippen molar-refractivity contribution in [1.29, 1.82) is 0 Å². The lowest BCUT2D eigenvalue weighted by atomic mass is 9.80. The van der Waals surface area contributed by atoms with Gasteiger partial charge in [0.25, 0.3) is 0 Å². The molecule has 2 aromatic rings. The average molecular weight is 565 g/mol. The number of carboxylic acids is 1. The van der Waals surface area contributed by atoms with Gasteiger partial charge in [0.15, 0.2) is 0 Å². The summed E-state index contributed by atoms with van der Waals surface area (Å²) in [5, 5.41) is 9.73. The standard InChI is InChI=1S/C34H44O7/c1-3-5-8-11-25-12-14-27(15-13-25)34(38)41-28-18-16-26(17-19-28)31-24-29(20-21-30(31)33(36)37)39-22-9-6-7-10-23-40-32(35)4-2/h4,16-21,24-25,27H,2-3,5-15,22-23H2,1H3,(H,36,37). The van der Waals surface area contributed by atoms with Crippen LogP contribution >= 0.6 is 0 Å². The minimum Gasteiger partial charge on any atom is -0.494 e. The van der Waals surface area contributed by atoms with Crippen LogP contribution in [-0.4, -0.2) is 36.2 Å². The Balaban J connectivity index is 1.50. The third kappa shape index (κ3) is 10.7. The van der Waals surface area contributed by atoms with Gasteiger partial charge < -0.3 is 19.3 Å². The monoisotopic (exact) mass is 564 g/mol. The van der Waals surface area contributed by atoms with Crippen molar-refractivity contribution in [3.8, 4) is 22.6 Å². The van der Waals surface area contributed by atoms with Gasteiger partial charge in [0.1, 0.15) is 11.5 Å². The summed E-state index contributed by atoms with van der Waals surface area (Å²) in [7, 11) is 0. The van der Waals surface area contributed by atoms with Crippen LogP contribution < -0.4 is 9.47 Å². The summed E-state index contributed by atoms with van der Waals surface area (Å²) in [6.07, 6.45) is 13.6. The Hall–Kier alpha value is -3.61. The summed E-state index contributed by atoms with van der Waals surface area (Å²) in [5.41, 5.74) is 1.42. The molecule has 2 aromatic carbocycles. The first kappa shape index (κ1) is 31.9. The molecule has 1 N–H and O–H groups in total. The molecule has 0 aliphatic heterocycles. The molecule has 0 aromatic heterocycles. The quantitative estimate of drug-likeness (QED) is 0.0899. The minimum atomic E-state index is -1.02. The predicted molar refractivity (Wildman–Crippen MR) is 159 cm³/mol. The molecule has 3 rings (SSSR count). The van der Waals surface area contributed by atoms with Gasteiger partial charge >= 0.3 is 17.9 Å². The molecular weight excluding hydrogens is 520 g/mol. The molecule has 7 heteroatoms. The van der Waals surface area contributed by atoms with E-state index in [4.69, 9.17) is 14.2 Å². The number of unbranched alkanes of at least 4 members (excludes halogenated alkanes) is 5.